The molecule has 0 radical (unpaired) electrons. The number of rotatable bonds is 4. The van der Waals surface area contributed by atoms with Gasteiger partial charge < -0.3 is 19.9 Å². The molecule has 1 aliphatic carbocycles. The van der Waals surface area contributed by atoms with Crippen LogP contribution in [0.15, 0.2) is 12.4 Å². The fourth-order valence-corrected chi connectivity index (χ4v) is 2.42. The average molecular weight is 319 g/mol. The van der Waals surface area contributed by atoms with Crippen LogP contribution in [0.2, 0.25) is 0 Å². The number of amides is 2. The molecule has 0 spiro atoms. The van der Waals surface area contributed by atoms with Crippen LogP contribution in [0.25, 0.3) is 0 Å². The summed E-state index contributed by atoms with van der Waals surface area (Å²) in [7, 11) is 0. The third-order valence-corrected chi connectivity index (χ3v) is 3.89. The van der Waals surface area contributed by atoms with E-state index in [1.807, 2.05) is 0 Å². The van der Waals surface area contributed by atoms with Gasteiger partial charge in [0.15, 0.2) is 0 Å². The lowest BCUT2D eigenvalue weighted by molar-refractivity contribution is 0.0565. The molecule has 2 amide bonds. The molecule has 0 unspecified atom stereocenters. The van der Waals surface area contributed by atoms with Crippen molar-refractivity contribution in [1.82, 2.24) is 19.8 Å². The molecule has 1 saturated heterocycles. The average Bonchev–Trinajstić information content (AvgIpc) is 3.39. The van der Waals surface area contributed by atoms with Crippen molar-refractivity contribution < 1.29 is 14.3 Å². The largest absolute Gasteiger partial charge is 0.450 e. The Hall–Kier alpha value is -2.38. The number of ether oxygens (including phenoxy) is 1. The van der Waals surface area contributed by atoms with Gasteiger partial charge in [0.25, 0.3) is 5.91 Å². The lowest BCUT2D eigenvalue weighted by Gasteiger charge is -2.33. The first-order chi connectivity index (χ1) is 11.2. The zero-order valence-electron chi connectivity index (χ0n) is 13.2. The maximum atomic E-state index is 12.4. The topological polar surface area (TPSA) is 87.7 Å². The maximum absolute atomic E-state index is 12.4. The highest BCUT2D eigenvalue weighted by molar-refractivity contribution is 5.92. The Balaban J connectivity index is 1.53. The van der Waals surface area contributed by atoms with Crippen molar-refractivity contribution in [2.75, 3.05) is 38.1 Å². The van der Waals surface area contributed by atoms with E-state index in [0.717, 1.165) is 12.8 Å². The number of hydrogen-bond acceptors (Lipinski definition) is 6. The molecule has 0 bridgehead atoms. The summed E-state index contributed by atoms with van der Waals surface area (Å²) in [5, 5.41) is 3.24. The minimum Gasteiger partial charge on any atom is -0.450 e. The first kappa shape index (κ1) is 15.5. The van der Waals surface area contributed by atoms with Crippen LogP contribution < -0.4 is 5.32 Å². The molecule has 2 heterocycles. The predicted molar refractivity (Wildman–Crippen MR) is 83.2 cm³/mol. The van der Waals surface area contributed by atoms with Crippen LogP contribution in [0, 0.1) is 0 Å². The number of anilines is 1. The SMILES string of the molecule is CCOC(=O)N1CCN(C(=O)c2cnc(NC3CC3)cn2)CC1. The molecule has 1 saturated carbocycles. The maximum Gasteiger partial charge on any atom is 0.409 e. The van der Waals surface area contributed by atoms with Crippen LogP contribution >= 0.6 is 0 Å². The van der Waals surface area contributed by atoms with Gasteiger partial charge in [-0.1, -0.05) is 0 Å². The smallest absolute Gasteiger partial charge is 0.409 e. The fourth-order valence-electron chi connectivity index (χ4n) is 2.42. The molecule has 0 aromatic carbocycles. The Bertz CT molecular complexity index is 565. The van der Waals surface area contributed by atoms with Crippen molar-refractivity contribution in [3.63, 3.8) is 0 Å². The summed E-state index contributed by atoms with van der Waals surface area (Å²) >= 11 is 0. The van der Waals surface area contributed by atoms with Gasteiger partial charge in [0.1, 0.15) is 11.5 Å². The van der Waals surface area contributed by atoms with Crippen molar-refractivity contribution in [2.24, 2.45) is 0 Å². The Labute approximate surface area is 134 Å². The van der Waals surface area contributed by atoms with Gasteiger partial charge in [-0.05, 0) is 19.8 Å². The molecule has 2 fully saturated rings. The number of hydrogen-bond donors (Lipinski definition) is 1. The summed E-state index contributed by atoms with van der Waals surface area (Å²) in [6.45, 7) is 4.02. The molecule has 8 nitrogen and oxygen atoms in total. The second kappa shape index (κ2) is 6.80. The Kier molecular flexibility index (Phi) is 4.59. The van der Waals surface area contributed by atoms with Crippen molar-refractivity contribution in [3.05, 3.63) is 18.1 Å². The predicted octanol–water partition coefficient (Wildman–Crippen LogP) is 0.965. The number of nitrogens with zero attached hydrogens (tertiary/aromatic N) is 4. The van der Waals surface area contributed by atoms with Crippen LogP contribution in [-0.2, 0) is 4.74 Å². The van der Waals surface area contributed by atoms with Crippen molar-refractivity contribution in [1.29, 1.82) is 0 Å². The van der Waals surface area contributed by atoms with E-state index in [2.05, 4.69) is 15.3 Å². The van der Waals surface area contributed by atoms with Crippen molar-refractivity contribution in [2.45, 2.75) is 25.8 Å². The highest BCUT2D eigenvalue weighted by atomic mass is 16.6. The van der Waals surface area contributed by atoms with Gasteiger partial charge in [-0.2, -0.15) is 0 Å². The molecule has 1 aromatic rings. The van der Waals surface area contributed by atoms with E-state index < -0.39 is 0 Å². The minimum absolute atomic E-state index is 0.154. The molecule has 23 heavy (non-hydrogen) atoms. The number of carbonyl (C=O) groups is 2. The number of aromatic nitrogens is 2. The van der Waals surface area contributed by atoms with Crippen molar-refractivity contribution in [3.8, 4) is 0 Å². The van der Waals surface area contributed by atoms with E-state index >= 15 is 0 Å². The summed E-state index contributed by atoms with van der Waals surface area (Å²) in [4.78, 5) is 35.8. The Morgan fingerprint density at radius 1 is 1.17 bits per heavy atom. The standard InChI is InChI=1S/C15H21N5O3/c1-2-23-15(22)20-7-5-19(6-8-20)14(21)12-9-17-13(10-16-12)18-11-3-4-11/h9-11H,2-8H2,1H3,(H,17,18). The van der Waals surface area contributed by atoms with Crippen LogP contribution in [0.1, 0.15) is 30.3 Å². The number of piperazine rings is 1. The van der Waals surface area contributed by atoms with Crippen LogP contribution in [0.3, 0.4) is 0 Å². The molecular weight excluding hydrogens is 298 g/mol. The van der Waals surface area contributed by atoms with E-state index in [9.17, 15) is 9.59 Å². The zero-order valence-corrected chi connectivity index (χ0v) is 13.2. The van der Waals surface area contributed by atoms with Gasteiger partial charge in [0.2, 0.25) is 0 Å². The molecule has 124 valence electrons. The summed E-state index contributed by atoms with van der Waals surface area (Å²) < 4.78 is 4.97. The quantitative estimate of drug-likeness (QED) is 0.889. The molecule has 3 rings (SSSR count). The molecule has 1 aromatic heterocycles. The van der Waals surface area contributed by atoms with Crippen molar-refractivity contribution >= 4 is 17.8 Å². The van der Waals surface area contributed by atoms with E-state index in [1.54, 1.807) is 22.9 Å². The fraction of sp³-hybridized carbons (Fsp3) is 0.600. The normalized spacial score (nSPS) is 17.8. The highest BCUT2D eigenvalue weighted by Gasteiger charge is 2.26. The second-order valence-electron chi connectivity index (χ2n) is 5.68. The van der Waals surface area contributed by atoms with E-state index in [-0.39, 0.29) is 12.0 Å². The molecular formula is C15H21N5O3. The summed E-state index contributed by atoms with van der Waals surface area (Å²) in [5.41, 5.74) is 0.330. The lowest BCUT2D eigenvalue weighted by Crippen LogP contribution is -2.50. The van der Waals surface area contributed by atoms with Crippen LogP contribution in [-0.4, -0.2) is 70.6 Å². The number of carbonyl (C=O) groups excluding carboxylic acids is 2. The summed E-state index contributed by atoms with van der Waals surface area (Å²) in [5.74, 6) is 0.551. The Morgan fingerprint density at radius 2 is 1.87 bits per heavy atom. The van der Waals surface area contributed by atoms with Gasteiger partial charge in [-0.3, -0.25) is 4.79 Å². The van der Waals surface area contributed by atoms with Gasteiger partial charge in [-0.25, -0.2) is 14.8 Å². The molecule has 1 N–H and O–H groups in total. The van der Waals surface area contributed by atoms with Crippen LogP contribution in [0.4, 0.5) is 10.6 Å². The Morgan fingerprint density at radius 3 is 2.43 bits per heavy atom. The molecule has 8 heteroatoms. The monoisotopic (exact) mass is 319 g/mol. The van der Waals surface area contributed by atoms with E-state index in [1.165, 1.54) is 6.20 Å². The molecule has 2 aliphatic rings. The third-order valence-electron chi connectivity index (χ3n) is 3.89. The first-order valence-electron chi connectivity index (χ1n) is 7.97. The lowest BCUT2D eigenvalue weighted by atomic mass is 10.3. The van der Waals surface area contributed by atoms with Gasteiger partial charge in [-0.15, -0.1) is 0 Å². The van der Waals surface area contributed by atoms with Crippen LogP contribution in [0.5, 0.6) is 0 Å². The zero-order chi connectivity index (χ0) is 16.2. The van der Waals surface area contributed by atoms with Gasteiger partial charge in [0.05, 0.1) is 19.0 Å². The van der Waals surface area contributed by atoms with E-state index in [4.69, 9.17) is 4.74 Å². The van der Waals surface area contributed by atoms with E-state index in [0.29, 0.717) is 50.3 Å². The van der Waals surface area contributed by atoms with Gasteiger partial charge in [0, 0.05) is 32.2 Å². The summed E-state index contributed by atoms with van der Waals surface area (Å²) in [6, 6.07) is 0.502. The highest BCUT2D eigenvalue weighted by Crippen LogP contribution is 2.23. The summed E-state index contributed by atoms with van der Waals surface area (Å²) in [6.07, 6.45) is 5.10. The second-order valence-corrected chi connectivity index (χ2v) is 5.68. The molecule has 0 atom stereocenters. The third kappa shape index (κ3) is 3.88. The first-order valence-corrected chi connectivity index (χ1v) is 7.97. The van der Waals surface area contributed by atoms with Gasteiger partial charge >= 0.3 is 6.09 Å². The minimum atomic E-state index is -0.324. The number of nitrogens with one attached hydrogen (secondary N) is 1. The molecule has 1 aliphatic heterocycles.